The molecular formula is C11H10AlF2NO5+. The van der Waals surface area contributed by atoms with Crippen LogP contribution in [0.3, 0.4) is 0 Å². The van der Waals surface area contributed by atoms with Crippen LogP contribution < -0.4 is 14.9 Å². The number of aliphatic carboxylic acids is 1. The van der Waals surface area contributed by atoms with Crippen LogP contribution in [0.25, 0.3) is 0 Å². The number of ether oxygens (including phenoxy) is 1. The number of methoxy groups -OCH3 is 1. The van der Waals surface area contributed by atoms with Gasteiger partial charge in [-0.05, 0) is 0 Å². The van der Waals surface area contributed by atoms with Crippen molar-refractivity contribution < 1.29 is 33.3 Å². The van der Waals surface area contributed by atoms with Crippen LogP contribution in [-0.4, -0.2) is 51.6 Å². The van der Waals surface area contributed by atoms with E-state index in [-0.39, 0.29) is 0 Å². The standard InChI is InChI=1S/C11H10F2NO5.Al/c1-19-9-4(3-7(14)11(17)18)6(12)2-5(8(9)13)10(15)16;/h7H,3,14H2,1H3,(H,15,16)(H,17,18);/q;+1. The Balaban J connectivity index is 3.53. The van der Waals surface area contributed by atoms with Crippen LogP contribution in [0.1, 0.15) is 15.9 Å². The third-order valence-corrected chi connectivity index (χ3v) is 3.17. The molecule has 0 amide bonds. The van der Waals surface area contributed by atoms with Crippen LogP contribution in [-0.2, 0) is 11.2 Å². The molecule has 1 aromatic rings. The summed E-state index contributed by atoms with van der Waals surface area (Å²) in [6, 6.07) is -1.47. The number of carboxylic acids is 2. The minimum atomic E-state index is -1.67. The molecular weight excluding hydrogens is 291 g/mol. The second-order valence-corrected chi connectivity index (χ2v) is 4.46. The zero-order chi connectivity index (χ0) is 15.6. The van der Waals surface area contributed by atoms with Gasteiger partial charge in [0.1, 0.15) is 0 Å². The van der Waals surface area contributed by atoms with E-state index < -0.39 is 57.3 Å². The Bertz CT molecular complexity index is 579. The fourth-order valence-electron chi connectivity index (χ4n) is 1.65. The van der Waals surface area contributed by atoms with E-state index >= 15 is 0 Å². The number of hydrogen-bond donors (Lipinski definition) is 3. The summed E-state index contributed by atoms with van der Waals surface area (Å²) in [5, 5.41) is 17.6. The van der Waals surface area contributed by atoms with Crippen molar-refractivity contribution in [1.29, 1.82) is 0 Å². The number of halogens is 2. The Morgan fingerprint density at radius 3 is 2.30 bits per heavy atom. The average molecular weight is 301 g/mol. The van der Waals surface area contributed by atoms with Crippen molar-refractivity contribution >= 4 is 32.7 Å². The molecule has 0 fully saturated rings. The molecule has 0 saturated heterocycles. The number of carboxylic acid groups (broad SMARTS) is 2. The topological polar surface area (TPSA) is 110 Å². The van der Waals surface area contributed by atoms with Gasteiger partial charge < -0.3 is 0 Å². The Morgan fingerprint density at radius 2 is 1.90 bits per heavy atom. The van der Waals surface area contributed by atoms with Gasteiger partial charge in [-0.3, -0.25) is 0 Å². The van der Waals surface area contributed by atoms with Crippen LogP contribution in [0.2, 0.25) is 0 Å². The summed E-state index contributed by atoms with van der Waals surface area (Å²) in [6.07, 6.45) is -0.539. The summed E-state index contributed by atoms with van der Waals surface area (Å²) < 4.78 is 32.2. The van der Waals surface area contributed by atoms with E-state index in [1.807, 2.05) is 0 Å². The van der Waals surface area contributed by atoms with Crippen LogP contribution in [0, 0.1) is 11.6 Å². The zero-order valence-electron chi connectivity index (χ0n) is 10.3. The number of hydrogen-bond acceptors (Lipinski definition) is 4. The molecule has 6 nitrogen and oxygen atoms in total. The molecule has 20 heavy (non-hydrogen) atoms. The van der Waals surface area contributed by atoms with Crippen molar-refractivity contribution in [1.82, 2.24) is 0 Å². The van der Waals surface area contributed by atoms with Crippen LogP contribution in [0.4, 0.5) is 8.78 Å². The van der Waals surface area contributed by atoms with E-state index in [1.54, 1.807) is 16.3 Å². The summed E-state index contributed by atoms with van der Waals surface area (Å²) in [5.74, 6) is -6.09. The molecule has 0 heterocycles. The first-order chi connectivity index (χ1) is 9.22. The SMILES string of the molecule is COc1c(F)c(C(=O)O)[c]([Al+])c(F)c1CC(N)C(=O)O. The average Bonchev–Trinajstić information content (AvgIpc) is 2.35. The molecule has 1 atom stereocenters. The maximum absolute atomic E-state index is 14.1. The molecule has 1 aromatic carbocycles. The Labute approximate surface area is 120 Å². The van der Waals surface area contributed by atoms with Crippen molar-refractivity contribution in [3.8, 4) is 5.75 Å². The van der Waals surface area contributed by atoms with Gasteiger partial charge in [0.15, 0.2) is 0 Å². The predicted molar refractivity (Wildman–Crippen MR) is 64.6 cm³/mol. The van der Waals surface area contributed by atoms with E-state index in [2.05, 4.69) is 4.74 Å². The molecule has 1 radical (unpaired) electrons. The van der Waals surface area contributed by atoms with Gasteiger partial charge in [0.2, 0.25) is 0 Å². The number of benzene rings is 1. The van der Waals surface area contributed by atoms with Crippen molar-refractivity contribution in [2.45, 2.75) is 12.5 Å². The fraction of sp³-hybridized carbons (Fsp3) is 0.273. The third kappa shape index (κ3) is 2.90. The summed E-state index contributed by atoms with van der Waals surface area (Å²) in [6.45, 7) is 0. The van der Waals surface area contributed by atoms with Crippen molar-refractivity contribution in [3.05, 3.63) is 22.8 Å². The van der Waals surface area contributed by atoms with Crippen molar-refractivity contribution in [2.75, 3.05) is 7.11 Å². The molecule has 1 rings (SSSR count). The summed E-state index contributed by atoms with van der Waals surface area (Å²) >= 11 is 1.77. The van der Waals surface area contributed by atoms with Gasteiger partial charge in [0.05, 0.1) is 0 Å². The van der Waals surface area contributed by atoms with E-state index in [0.717, 1.165) is 7.11 Å². The van der Waals surface area contributed by atoms with Gasteiger partial charge in [-0.1, -0.05) is 0 Å². The van der Waals surface area contributed by atoms with E-state index in [0.29, 0.717) is 0 Å². The molecule has 0 aliphatic heterocycles. The molecule has 0 aliphatic carbocycles. The second kappa shape index (κ2) is 6.18. The maximum atomic E-state index is 14.1. The zero-order valence-corrected chi connectivity index (χ0v) is 11.5. The van der Waals surface area contributed by atoms with Crippen molar-refractivity contribution in [2.24, 2.45) is 5.73 Å². The van der Waals surface area contributed by atoms with Gasteiger partial charge in [-0.25, -0.2) is 0 Å². The molecule has 0 bridgehead atoms. The first-order valence-electron chi connectivity index (χ1n) is 5.27. The molecule has 4 N–H and O–H groups in total. The fourth-order valence-corrected chi connectivity index (χ4v) is 2.07. The van der Waals surface area contributed by atoms with Gasteiger partial charge in [-0.2, -0.15) is 0 Å². The van der Waals surface area contributed by atoms with E-state index in [9.17, 15) is 18.4 Å². The quantitative estimate of drug-likeness (QED) is 0.628. The summed E-state index contributed by atoms with van der Waals surface area (Å²) in [7, 11) is 1.02. The molecule has 0 spiro atoms. The molecule has 9 heteroatoms. The van der Waals surface area contributed by atoms with Crippen LogP contribution in [0.15, 0.2) is 0 Å². The van der Waals surface area contributed by atoms with Gasteiger partial charge in [-0.15, -0.1) is 0 Å². The van der Waals surface area contributed by atoms with E-state index in [1.165, 1.54) is 0 Å². The molecule has 105 valence electrons. The summed E-state index contributed by atoms with van der Waals surface area (Å²) in [4.78, 5) is 21.6. The number of rotatable bonds is 5. The Hall–Kier alpha value is -1.69. The predicted octanol–water partition coefficient (Wildman–Crippen LogP) is -0.580. The number of carbonyl (C=O) groups is 2. The number of aromatic carboxylic acids is 1. The minimum absolute atomic E-state index is 0.421. The van der Waals surface area contributed by atoms with Gasteiger partial charge >= 0.3 is 120 Å². The molecule has 0 aliphatic rings. The molecule has 0 aromatic heterocycles. The Morgan fingerprint density at radius 1 is 1.35 bits per heavy atom. The number of nitrogens with two attached hydrogens (primary N) is 1. The first-order valence-corrected chi connectivity index (χ1v) is 5.85. The Kier molecular flexibility index (Phi) is 5.05. The van der Waals surface area contributed by atoms with Crippen LogP contribution >= 0.6 is 0 Å². The van der Waals surface area contributed by atoms with E-state index in [4.69, 9.17) is 15.9 Å². The van der Waals surface area contributed by atoms with Crippen molar-refractivity contribution in [3.63, 3.8) is 0 Å². The monoisotopic (exact) mass is 301 g/mol. The summed E-state index contributed by atoms with van der Waals surface area (Å²) in [5.41, 5.74) is 3.96. The van der Waals surface area contributed by atoms with Gasteiger partial charge in [0.25, 0.3) is 0 Å². The first kappa shape index (κ1) is 16.4. The van der Waals surface area contributed by atoms with Gasteiger partial charge in [0, 0.05) is 0 Å². The third-order valence-electron chi connectivity index (χ3n) is 2.62. The molecule has 0 saturated carbocycles. The van der Waals surface area contributed by atoms with Crippen LogP contribution in [0.5, 0.6) is 5.75 Å². The normalized spacial score (nSPS) is 11.9. The second-order valence-electron chi connectivity index (χ2n) is 3.88. The molecule has 1 unspecified atom stereocenters.